The van der Waals surface area contributed by atoms with E-state index in [1.165, 1.54) is 0 Å². The van der Waals surface area contributed by atoms with E-state index in [1.807, 2.05) is 66.7 Å². The molecule has 126 valence electrons. The second-order valence-electron chi connectivity index (χ2n) is 5.36. The summed E-state index contributed by atoms with van der Waals surface area (Å²) in [7, 11) is 1.58. The molecule has 0 aliphatic heterocycles. The Bertz CT molecular complexity index is 1040. The quantitative estimate of drug-likeness (QED) is 0.526. The van der Waals surface area contributed by atoms with Gasteiger partial charge in [-0.15, -0.1) is 0 Å². The van der Waals surface area contributed by atoms with Crippen molar-refractivity contribution in [2.24, 2.45) is 0 Å². The Kier molecular flexibility index (Phi) is 5.55. The van der Waals surface area contributed by atoms with Crippen LogP contribution in [0, 0.1) is 23.7 Å². The monoisotopic (exact) mass is 340 g/mol. The van der Waals surface area contributed by atoms with E-state index in [-0.39, 0.29) is 6.61 Å². The van der Waals surface area contributed by atoms with Crippen molar-refractivity contribution in [2.45, 2.75) is 0 Å². The number of esters is 1. The van der Waals surface area contributed by atoms with Crippen molar-refractivity contribution in [3.8, 4) is 29.4 Å². The van der Waals surface area contributed by atoms with Gasteiger partial charge < -0.3 is 9.47 Å². The minimum absolute atomic E-state index is 0.00488. The summed E-state index contributed by atoms with van der Waals surface area (Å²) in [5, 5.41) is 1.95. The van der Waals surface area contributed by atoms with Crippen LogP contribution in [0.3, 0.4) is 0 Å². The number of methoxy groups -OCH3 is 1. The minimum Gasteiger partial charge on any atom is -0.495 e. The lowest BCUT2D eigenvalue weighted by Crippen LogP contribution is -2.01. The topological polar surface area (TPSA) is 35.5 Å². The Labute approximate surface area is 152 Å². The SMILES string of the molecule is COc1ccc2ccccc2c1C#CC(=O)OCC#Cc1ccccc1. The molecule has 0 saturated carbocycles. The lowest BCUT2D eigenvalue weighted by molar-refractivity contribution is -0.135. The number of ether oxygens (including phenoxy) is 2. The number of fused-ring (bicyclic) bond motifs is 1. The van der Waals surface area contributed by atoms with Gasteiger partial charge in [-0.25, -0.2) is 4.79 Å². The lowest BCUT2D eigenvalue weighted by atomic mass is 10.0. The van der Waals surface area contributed by atoms with E-state index >= 15 is 0 Å². The van der Waals surface area contributed by atoms with E-state index < -0.39 is 5.97 Å². The van der Waals surface area contributed by atoms with Gasteiger partial charge in [-0.1, -0.05) is 66.3 Å². The van der Waals surface area contributed by atoms with Crippen molar-refractivity contribution in [3.05, 3.63) is 77.9 Å². The predicted molar refractivity (Wildman–Crippen MR) is 102 cm³/mol. The molecule has 0 N–H and O–H groups in total. The van der Waals surface area contributed by atoms with Gasteiger partial charge in [-0.2, -0.15) is 0 Å². The number of hydrogen-bond acceptors (Lipinski definition) is 3. The highest BCUT2D eigenvalue weighted by molar-refractivity contribution is 5.94. The number of carbonyl (C=O) groups is 1. The van der Waals surface area contributed by atoms with Crippen LogP contribution in [0.15, 0.2) is 66.7 Å². The van der Waals surface area contributed by atoms with Crippen LogP contribution < -0.4 is 4.74 Å². The molecule has 3 rings (SSSR count). The zero-order valence-electron chi connectivity index (χ0n) is 14.3. The highest BCUT2D eigenvalue weighted by Gasteiger charge is 2.06. The van der Waals surface area contributed by atoms with Crippen LogP contribution in [0.4, 0.5) is 0 Å². The van der Waals surface area contributed by atoms with Gasteiger partial charge in [0.2, 0.25) is 0 Å². The summed E-state index contributed by atoms with van der Waals surface area (Å²) in [4.78, 5) is 11.9. The molecule has 0 bridgehead atoms. The van der Waals surface area contributed by atoms with Crippen molar-refractivity contribution < 1.29 is 14.3 Å². The molecule has 3 nitrogen and oxygen atoms in total. The normalized spacial score (nSPS) is 9.42. The molecule has 3 heteroatoms. The van der Waals surface area contributed by atoms with Gasteiger partial charge >= 0.3 is 5.97 Å². The van der Waals surface area contributed by atoms with Gasteiger partial charge in [-0.05, 0) is 23.6 Å². The molecule has 0 atom stereocenters. The summed E-state index contributed by atoms with van der Waals surface area (Å²) in [6.45, 7) is -0.00488. The third-order valence-electron chi connectivity index (χ3n) is 3.68. The van der Waals surface area contributed by atoms with Gasteiger partial charge in [0.25, 0.3) is 0 Å². The molecule has 0 radical (unpaired) electrons. The third-order valence-corrected chi connectivity index (χ3v) is 3.68. The van der Waals surface area contributed by atoms with Crippen molar-refractivity contribution in [2.75, 3.05) is 13.7 Å². The summed E-state index contributed by atoms with van der Waals surface area (Å²) in [5.74, 6) is 11.1. The maximum absolute atomic E-state index is 11.9. The summed E-state index contributed by atoms with van der Waals surface area (Å²) < 4.78 is 10.4. The summed E-state index contributed by atoms with van der Waals surface area (Å²) in [6.07, 6.45) is 0. The Hall–Kier alpha value is -3.69. The fourth-order valence-corrected chi connectivity index (χ4v) is 2.46. The van der Waals surface area contributed by atoms with Crippen LogP contribution in [-0.4, -0.2) is 19.7 Å². The molecular weight excluding hydrogens is 324 g/mol. The molecule has 0 spiro atoms. The van der Waals surface area contributed by atoms with Crippen LogP contribution in [0.5, 0.6) is 5.75 Å². The standard InChI is InChI=1S/C23H16O3/c1-25-22-15-13-19-11-5-6-12-20(19)21(22)14-16-23(24)26-17-7-10-18-8-3-2-4-9-18/h2-6,8-9,11-13,15H,17H2,1H3. The molecule has 0 fully saturated rings. The zero-order chi connectivity index (χ0) is 18.2. The molecule has 0 aliphatic rings. The number of carbonyl (C=O) groups excluding carboxylic acids is 1. The van der Waals surface area contributed by atoms with Crippen molar-refractivity contribution in [3.63, 3.8) is 0 Å². The highest BCUT2D eigenvalue weighted by Crippen LogP contribution is 2.26. The van der Waals surface area contributed by atoms with Crippen LogP contribution >= 0.6 is 0 Å². The Balaban J connectivity index is 1.72. The first-order valence-corrected chi connectivity index (χ1v) is 8.06. The predicted octanol–water partition coefficient (Wildman–Crippen LogP) is 3.79. The van der Waals surface area contributed by atoms with E-state index in [0.717, 1.165) is 16.3 Å². The number of rotatable bonds is 2. The maximum atomic E-state index is 11.9. The summed E-state index contributed by atoms with van der Waals surface area (Å²) >= 11 is 0. The first-order chi connectivity index (χ1) is 12.8. The average Bonchev–Trinajstić information content (AvgIpc) is 2.70. The molecular formula is C23H16O3. The van der Waals surface area contributed by atoms with Crippen molar-refractivity contribution >= 4 is 16.7 Å². The average molecular weight is 340 g/mol. The highest BCUT2D eigenvalue weighted by atomic mass is 16.5. The Morgan fingerprint density at radius 3 is 2.50 bits per heavy atom. The first kappa shape index (κ1) is 17.1. The van der Waals surface area contributed by atoms with E-state index in [4.69, 9.17) is 9.47 Å². The van der Waals surface area contributed by atoms with Crippen LogP contribution in [0.1, 0.15) is 11.1 Å². The fraction of sp³-hybridized carbons (Fsp3) is 0.0870. The largest absolute Gasteiger partial charge is 0.495 e. The number of benzene rings is 3. The molecule has 0 unspecified atom stereocenters. The van der Waals surface area contributed by atoms with Crippen LogP contribution in [0.25, 0.3) is 10.8 Å². The summed E-state index contributed by atoms with van der Waals surface area (Å²) in [5.41, 5.74) is 1.54. The third kappa shape index (κ3) is 4.23. The zero-order valence-corrected chi connectivity index (χ0v) is 14.3. The molecule has 3 aromatic carbocycles. The minimum atomic E-state index is -0.623. The smallest absolute Gasteiger partial charge is 0.385 e. The molecule has 0 amide bonds. The van der Waals surface area contributed by atoms with Gasteiger partial charge in [0.05, 0.1) is 12.7 Å². The summed E-state index contributed by atoms with van der Waals surface area (Å²) in [6, 6.07) is 21.1. The van der Waals surface area contributed by atoms with E-state index in [9.17, 15) is 4.79 Å². The molecule has 0 saturated heterocycles. The molecule has 0 heterocycles. The molecule has 0 aromatic heterocycles. The lowest BCUT2D eigenvalue weighted by Gasteiger charge is -2.06. The number of hydrogen-bond donors (Lipinski definition) is 0. The van der Waals surface area contributed by atoms with E-state index in [1.54, 1.807) is 7.11 Å². The molecule has 0 aliphatic carbocycles. The van der Waals surface area contributed by atoms with Crippen molar-refractivity contribution in [1.82, 2.24) is 0 Å². The van der Waals surface area contributed by atoms with Crippen molar-refractivity contribution in [1.29, 1.82) is 0 Å². The molecule has 26 heavy (non-hydrogen) atoms. The van der Waals surface area contributed by atoms with Crippen LogP contribution in [-0.2, 0) is 9.53 Å². The molecule has 3 aromatic rings. The van der Waals surface area contributed by atoms with Gasteiger partial charge in [0.15, 0.2) is 6.61 Å². The van der Waals surface area contributed by atoms with Gasteiger partial charge in [-0.3, -0.25) is 0 Å². The fourth-order valence-electron chi connectivity index (χ4n) is 2.46. The first-order valence-electron chi connectivity index (χ1n) is 8.06. The Morgan fingerprint density at radius 2 is 1.69 bits per heavy atom. The van der Waals surface area contributed by atoms with Gasteiger partial charge in [0, 0.05) is 16.9 Å². The second kappa shape index (κ2) is 8.42. The van der Waals surface area contributed by atoms with Crippen LogP contribution in [0.2, 0.25) is 0 Å². The Morgan fingerprint density at radius 1 is 0.923 bits per heavy atom. The second-order valence-corrected chi connectivity index (χ2v) is 5.36. The van der Waals surface area contributed by atoms with Gasteiger partial charge in [0.1, 0.15) is 5.75 Å². The van der Waals surface area contributed by atoms with E-state index in [2.05, 4.69) is 23.7 Å². The maximum Gasteiger partial charge on any atom is 0.385 e. The van der Waals surface area contributed by atoms with E-state index in [0.29, 0.717) is 11.3 Å².